The summed E-state index contributed by atoms with van der Waals surface area (Å²) in [5, 5.41) is 0. The second kappa shape index (κ2) is 9.38. The van der Waals surface area contributed by atoms with Gasteiger partial charge in [0.1, 0.15) is 21.9 Å². The van der Waals surface area contributed by atoms with E-state index in [-0.39, 0.29) is 23.1 Å². The molecule has 0 aliphatic heterocycles. The molecule has 9 nitrogen and oxygen atoms in total. The highest BCUT2D eigenvalue weighted by atomic mass is 32.1. The van der Waals surface area contributed by atoms with E-state index in [1.807, 2.05) is 0 Å². The molecule has 0 N–H and O–H groups in total. The van der Waals surface area contributed by atoms with Gasteiger partial charge in [0.15, 0.2) is 5.78 Å². The zero-order valence-electron chi connectivity index (χ0n) is 18.1. The third-order valence-electron chi connectivity index (χ3n) is 4.22. The molecule has 2 rings (SSSR count). The van der Waals surface area contributed by atoms with Crippen LogP contribution in [0.25, 0.3) is 10.3 Å². The number of methoxy groups -OCH3 is 3. The van der Waals surface area contributed by atoms with Crippen molar-refractivity contribution in [1.82, 2.24) is 9.97 Å². The van der Waals surface area contributed by atoms with Crippen molar-refractivity contribution < 1.29 is 33.3 Å². The lowest BCUT2D eigenvalue weighted by Gasteiger charge is -2.26. The molecule has 2 aromatic rings. The molecule has 0 radical (unpaired) electrons. The Labute approximate surface area is 178 Å². The standard InChI is InChI=1S/C20H26N2O7S/c1-8-10(18(24)28-7)13(19(25)29-20(2,3)4)14(23)12-9-11-17(30-12)22-16(27-6)15(21-11)26-5/h9-10,13H,8H2,1-7H3. The molecule has 2 heterocycles. The molecule has 0 aliphatic carbocycles. The number of ether oxygens (including phenoxy) is 4. The van der Waals surface area contributed by atoms with Crippen LogP contribution in [0, 0.1) is 11.8 Å². The lowest BCUT2D eigenvalue weighted by Crippen LogP contribution is -2.40. The first-order valence-electron chi connectivity index (χ1n) is 9.30. The maximum absolute atomic E-state index is 13.4. The Morgan fingerprint density at radius 3 is 2.13 bits per heavy atom. The van der Waals surface area contributed by atoms with E-state index in [4.69, 9.17) is 18.9 Å². The van der Waals surface area contributed by atoms with Gasteiger partial charge in [-0.3, -0.25) is 14.4 Å². The van der Waals surface area contributed by atoms with Crippen molar-refractivity contribution in [3.63, 3.8) is 0 Å². The average molecular weight is 439 g/mol. The van der Waals surface area contributed by atoms with Crippen molar-refractivity contribution in [2.75, 3.05) is 21.3 Å². The zero-order valence-corrected chi connectivity index (χ0v) is 18.9. The Hall–Kier alpha value is -2.75. The molecule has 0 amide bonds. The summed E-state index contributed by atoms with van der Waals surface area (Å²) in [6.45, 7) is 6.78. The Morgan fingerprint density at radius 1 is 1.03 bits per heavy atom. The number of Topliss-reactive ketones (excluding diaryl/α,β-unsaturated/α-hetero) is 1. The van der Waals surface area contributed by atoms with Crippen molar-refractivity contribution in [2.24, 2.45) is 11.8 Å². The molecule has 164 valence electrons. The minimum Gasteiger partial charge on any atom is -0.477 e. The van der Waals surface area contributed by atoms with Crippen LogP contribution in [-0.2, 0) is 19.1 Å². The van der Waals surface area contributed by atoms with Crippen molar-refractivity contribution in [3.05, 3.63) is 10.9 Å². The minimum absolute atomic E-state index is 0.173. The molecule has 0 bridgehead atoms. The lowest BCUT2D eigenvalue weighted by atomic mass is 9.85. The first-order valence-corrected chi connectivity index (χ1v) is 10.1. The fourth-order valence-electron chi connectivity index (χ4n) is 2.88. The van der Waals surface area contributed by atoms with Crippen LogP contribution < -0.4 is 9.47 Å². The number of aromatic nitrogens is 2. The first kappa shape index (κ1) is 23.5. The average Bonchev–Trinajstić information content (AvgIpc) is 3.11. The number of carbonyl (C=O) groups excluding carboxylic acids is 3. The van der Waals surface area contributed by atoms with Crippen LogP contribution in [-0.4, -0.2) is 54.6 Å². The van der Waals surface area contributed by atoms with Gasteiger partial charge in [0.05, 0.1) is 32.1 Å². The Morgan fingerprint density at radius 2 is 1.63 bits per heavy atom. The van der Waals surface area contributed by atoms with Crippen LogP contribution in [0.5, 0.6) is 11.8 Å². The summed E-state index contributed by atoms with van der Waals surface area (Å²) in [4.78, 5) is 47.8. The van der Waals surface area contributed by atoms with Crippen LogP contribution in [0.3, 0.4) is 0 Å². The van der Waals surface area contributed by atoms with E-state index < -0.39 is 35.2 Å². The van der Waals surface area contributed by atoms with E-state index in [0.29, 0.717) is 10.3 Å². The number of hydrogen-bond donors (Lipinski definition) is 0. The summed E-state index contributed by atoms with van der Waals surface area (Å²) in [5.74, 6) is -3.96. The number of hydrogen-bond acceptors (Lipinski definition) is 10. The monoisotopic (exact) mass is 438 g/mol. The molecule has 0 saturated carbocycles. The van der Waals surface area contributed by atoms with Crippen molar-refractivity contribution in [2.45, 2.75) is 39.7 Å². The molecule has 0 spiro atoms. The van der Waals surface area contributed by atoms with Gasteiger partial charge >= 0.3 is 11.9 Å². The first-order chi connectivity index (χ1) is 14.1. The van der Waals surface area contributed by atoms with Gasteiger partial charge in [0, 0.05) is 0 Å². The third kappa shape index (κ3) is 5.05. The summed E-state index contributed by atoms with van der Waals surface area (Å²) in [7, 11) is 4.07. The molecule has 0 saturated heterocycles. The Balaban J connectivity index is 2.53. The summed E-state index contributed by atoms with van der Waals surface area (Å²) in [5.41, 5.74) is -0.413. The number of rotatable bonds is 8. The molecule has 30 heavy (non-hydrogen) atoms. The molecule has 2 atom stereocenters. The van der Waals surface area contributed by atoms with Gasteiger partial charge < -0.3 is 18.9 Å². The maximum Gasteiger partial charge on any atom is 0.318 e. The van der Waals surface area contributed by atoms with Crippen molar-refractivity contribution in [1.29, 1.82) is 0 Å². The van der Waals surface area contributed by atoms with Crippen LogP contribution in [0.1, 0.15) is 43.8 Å². The highest BCUT2D eigenvalue weighted by molar-refractivity contribution is 7.20. The zero-order chi connectivity index (χ0) is 22.6. The van der Waals surface area contributed by atoms with E-state index in [9.17, 15) is 14.4 Å². The SMILES string of the molecule is CCC(C(=O)OC)C(C(=O)OC(C)(C)C)C(=O)c1cc2nc(OC)c(OC)nc2s1. The van der Waals surface area contributed by atoms with Crippen molar-refractivity contribution in [3.8, 4) is 11.8 Å². The second-order valence-corrected chi connectivity index (χ2v) is 8.49. The third-order valence-corrected chi connectivity index (χ3v) is 5.25. The largest absolute Gasteiger partial charge is 0.477 e. The lowest BCUT2D eigenvalue weighted by molar-refractivity contribution is -0.165. The molecule has 10 heteroatoms. The van der Waals surface area contributed by atoms with Gasteiger partial charge in [0.25, 0.3) is 11.8 Å². The van der Waals surface area contributed by atoms with E-state index in [1.54, 1.807) is 27.7 Å². The molecular weight excluding hydrogens is 412 g/mol. The number of carbonyl (C=O) groups is 3. The van der Waals surface area contributed by atoms with Crippen LogP contribution in [0.15, 0.2) is 6.07 Å². The maximum atomic E-state index is 13.4. The number of esters is 2. The Kier molecular flexibility index (Phi) is 7.35. The number of thiophene rings is 1. The quantitative estimate of drug-likeness (QED) is 0.348. The number of ketones is 1. The Bertz CT molecular complexity index is 908. The van der Waals surface area contributed by atoms with E-state index in [2.05, 4.69) is 9.97 Å². The fourth-order valence-corrected chi connectivity index (χ4v) is 3.82. The highest BCUT2D eigenvalue weighted by Crippen LogP contribution is 2.33. The predicted octanol–water partition coefficient (Wildman–Crippen LogP) is 3.05. The van der Waals surface area contributed by atoms with Crippen LogP contribution >= 0.6 is 11.3 Å². The summed E-state index contributed by atoms with van der Waals surface area (Å²) in [6, 6.07) is 1.51. The normalized spacial score (nSPS) is 13.4. The van der Waals surface area contributed by atoms with E-state index >= 15 is 0 Å². The van der Waals surface area contributed by atoms with Gasteiger partial charge in [-0.1, -0.05) is 6.92 Å². The highest BCUT2D eigenvalue weighted by Gasteiger charge is 2.42. The minimum atomic E-state index is -1.35. The molecule has 0 fully saturated rings. The number of nitrogens with zero attached hydrogens (tertiary/aromatic N) is 2. The van der Waals surface area contributed by atoms with Crippen LogP contribution in [0.2, 0.25) is 0 Å². The van der Waals surface area contributed by atoms with Gasteiger partial charge in [-0.25, -0.2) is 4.98 Å². The van der Waals surface area contributed by atoms with Gasteiger partial charge in [-0.15, -0.1) is 11.3 Å². The second-order valence-electron chi connectivity index (χ2n) is 7.46. The molecular formula is C20H26N2O7S. The summed E-state index contributed by atoms with van der Waals surface area (Å²) in [6.07, 6.45) is 0.228. The predicted molar refractivity (Wildman–Crippen MR) is 110 cm³/mol. The summed E-state index contributed by atoms with van der Waals surface area (Å²) < 4.78 is 20.5. The van der Waals surface area contributed by atoms with Gasteiger partial charge in [-0.2, -0.15) is 4.98 Å². The van der Waals surface area contributed by atoms with Crippen molar-refractivity contribution >= 4 is 39.4 Å². The molecule has 0 aromatic carbocycles. The van der Waals surface area contributed by atoms with Gasteiger partial charge in [0.2, 0.25) is 0 Å². The van der Waals surface area contributed by atoms with E-state index in [0.717, 1.165) is 11.3 Å². The topological polar surface area (TPSA) is 114 Å². The molecule has 0 aliphatic rings. The van der Waals surface area contributed by atoms with E-state index in [1.165, 1.54) is 27.4 Å². The summed E-state index contributed by atoms with van der Waals surface area (Å²) >= 11 is 1.05. The van der Waals surface area contributed by atoms with Gasteiger partial charge in [-0.05, 0) is 33.3 Å². The van der Waals surface area contributed by atoms with Crippen LogP contribution in [0.4, 0.5) is 0 Å². The number of fused-ring (bicyclic) bond motifs is 1. The molecule has 2 aromatic heterocycles. The fraction of sp³-hybridized carbons (Fsp3) is 0.550. The molecule has 2 unspecified atom stereocenters. The smallest absolute Gasteiger partial charge is 0.318 e.